The van der Waals surface area contributed by atoms with Gasteiger partial charge < -0.3 is 0 Å². The molecule has 7 heavy (non-hydrogen) atoms. The van der Waals surface area contributed by atoms with Crippen molar-refractivity contribution >= 4 is 14.3 Å². The highest BCUT2D eigenvalue weighted by molar-refractivity contribution is 7.02. The molecular weight excluding hydrogens is 81.7 g/mol. The van der Waals surface area contributed by atoms with Crippen LogP contribution >= 0.6 is 0 Å². The monoisotopic (exact) mass is 96.1 g/mol. The molecule has 0 aliphatic heterocycles. The van der Waals surface area contributed by atoms with Gasteiger partial charge in [-0.1, -0.05) is 32.9 Å². The summed E-state index contributed by atoms with van der Waals surface area (Å²) in [7, 11) is 2.27. The molecule has 0 nitrogen and oxygen atoms in total. The van der Waals surface area contributed by atoms with Gasteiger partial charge in [0.2, 0.25) is 0 Å². The van der Waals surface area contributed by atoms with E-state index in [0.29, 0.717) is 0 Å². The van der Waals surface area contributed by atoms with E-state index in [1.165, 1.54) is 19.2 Å². The van der Waals surface area contributed by atoms with Crippen LogP contribution in [0.15, 0.2) is 0 Å². The van der Waals surface area contributed by atoms with Crippen LogP contribution in [0.25, 0.3) is 0 Å². The lowest BCUT2D eigenvalue weighted by atomic mass is 9.32. The Bertz CT molecular complexity index is 35.1. The van der Waals surface area contributed by atoms with Gasteiger partial charge in [-0.2, -0.15) is 0 Å². The van der Waals surface area contributed by atoms with Gasteiger partial charge >= 0.3 is 0 Å². The molecule has 0 bridgehead atoms. The van der Waals surface area contributed by atoms with E-state index >= 15 is 0 Å². The molecule has 0 aliphatic carbocycles. The van der Waals surface area contributed by atoms with Crippen molar-refractivity contribution in [2.45, 2.75) is 32.9 Å². The third-order valence-electron chi connectivity index (χ3n) is 1.14. The lowest BCUT2D eigenvalue weighted by molar-refractivity contribution is 0.878. The third kappa shape index (κ3) is 6.13. The second kappa shape index (κ2) is 4.29. The SMILES string of the molecule is BB(C)CCCC. The summed E-state index contributed by atoms with van der Waals surface area (Å²) in [6, 6.07) is 0. The molecule has 0 radical (unpaired) electrons. The van der Waals surface area contributed by atoms with Crippen LogP contribution < -0.4 is 0 Å². The molecule has 0 heterocycles. The molecule has 0 rings (SSSR count). The summed E-state index contributed by atoms with van der Waals surface area (Å²) in [6.07, 6.45) is 4.15. The Kier molecular flexibility index (Phi) is 4.37. The highest BCUT2D eigenvalue weighted by Crippen LogP contribution is 1.96. The number of rotatable bonds is 3. The Hall–Kier alpha value is 0.130. The zero-order valence-corrected chi connectivity index (χ0v) is 5.70. The van der Waals surface area contributed by atoms with Gasteiger partial charge in [0.05, 0.1) is 14.3 Å². The Morgan fingerprint density at radius 1 is 1.57 bits per heavy atom. The molecule has 0 amide bonds. The number of hydrogen-bond acceptors (Lipinski definition) is 0. The van der Waals surface area contributed by atoms with Crippen LogP contribution in [0.2, 0.25) is 13.1 Å². The maximum Gasteiger partial charge on any atom is 0.0968 e. The van der Waals surface area contributed by atoms with E-state index in [-0.39, 0.29) is 0 Å². The van der Waals surface area contributed by atoms with Gasteiger partial charge in [-0.05, 0) is 0 Å². The Balaban J connectivity index is 2.68. The van der Waals surface area contributed by atoms with Crippen molar-refractivity contribution in [3.63, 3.8) is 0 Å². The van der Waals surface area contributed by atoms with Crippen LogP contribution in [-0.4, -0.2) is 14.3 Å². The Morgan fingerprint density at radius 2 is 2.14 bits per heavy atom. The molecule has 0 saturated carbocycles. The Morgan fingerprint density at radius 3 is 2.29 bits per heavy atom. The van der Waals surface area contributed by atoms with Crippen LogP contribution in [0, 0.1) is 0 Å². The van der Waals surface area contributed by atoms with Crippen LogP contribution in [0.3, 0.4) is 0 Å². The summed E-state index contributed by atoms with van der Waals surface area (Å²) in [5.41, 5.74) is 0. The maximum absolute atomic E-state index is 2.27. The van der Waals surface area contributed by atoms with Gasteiger partial charge in [0.15, 0.2) is 0 Å². The van der Waals surface area contributed by atoms with Gasteiger partial charge in [0.25, 0.3) is 0 Å². The van der Waals surface area contributed by atoms with Crippen LogP contribution in [0.4, 0.5) is 0 Å². The minimum atomic E-state index is 0.903. The molecule has 40 valence electrons. The zero-order chi connectivity index (χ0) is 5.70. The van der Waals surface area contributed by atoms with E-state index in [2.05, 4.69) is 21.5 Å². The molecule has 0 aromatic heterocycles. The summed E-state index contributed by atoms with van der Waals surface area (Å²) < 4.78 is 0. The first-order valence-corrected chi connectivity index (χ1v) is 3.27. The van der Waals surface area contributed by atoms with E-state index in [1.54, 1.807) is 0 Å². The summed E-state index contributed by atoms with van der Waals surface area (Å²) in [4.78, 5) is 0. The topological polar surface area (TPSA) is 0 Å². The van der Waals surface area contributed by atoms with Crippen molar-refractivity contribution in [1.82, 2.24) is 0 Å². The number of hydrogen-bond donors (Lipinski definition) is 0. The van der Waals surface area contributed by atoms with Gasteiger partial charge in [-0.3, -0.25) is 0 Å². The fourth-order valence-electron chi connectivity index (χ4n) is 0.612. The molecule has 0 fully saturated rings. The fraction of sp³-hybridized carbons (Fsp3) is 1.00. The summed E-state index contributed by atoms with van der Waals surface area (Å²) in [5, 5.41) is 0. The van der Waals surface area contributed by atoms with E-state index in [0.717, 1.165) is 6.60 Å². The van der Waals surface area contributed by atoms with Crippen molar-refractivity contribution in [1.29, 1.82) is 0 Å². The first-order valence-electron chi connectivity index (χ1n) is 3.27. The van der Waals surface area contributed by atoms with Gasteiger partial charge in [-0.25, -0.2) is 0 Å². The van der Waals surface area contributed by atoms with Gasteiger partial charge in [0.1, 0.15) is 0 Å². The van der Waals surface area contributed by atoms with Crippen LogP contribution in [0.5, 0.6) is 0 Å². The predicted octanol–water partition coefficient (Wildman–Crippen LogP) is 1.04. The number of unbranched alkanes of at least 4 members (excludes halogenated alkanes) is 1. The standard InChI is InChI=1S/C5H14B2/c1-3-4-5-7(2)6/h3-6H2,1-2H3. The van der Waals surface area contributed by atoms with Crippen molar-refractivity contribution in [2.75, 3.05) is 0 Å². The van der Waals surface area contributed by atoms with E-state index in [1.807, 2.05) is 0 Å². The van der Waals surface area contributed by atoms with E-state index in [4.69, 9.17) is 0 Å². The Labute approximate surface area is 48.2 Å². The lowest BCUT2D eigenvalue weighted by Crippen LogP contribution is -2.04. The van der Waals surface area contributed by atoms with Crippen LogP contribution in [-0.2, 0) is 0 Å². The average Bonchev–Trinajstić information content (AvgIpc) is 1.61. The molecule has 0 atom stereocenters. The van der Waals surface area contributed by atoms with Crippen molar-refractivity contribution < 1.29 is 0 Å². The quantitative estimate of drug-likeness (QED) is 0.460. The maximum atomic E-state index is 2.27. The molecule has 0 aromatic rings. The minimum Gasteiger partial charge on any atom is -0.0927 e. The van der Waals surface area contributed by atoms with Crippen molar-refractivity contribution in [3.05, 3.63) is 0 Å². The molecule has 0 unspecified atom stereocenters. The van der Waals surface area contributed by atoms with Crippen molar-refractivity contribution in [3.8, 4) is 0 Å². The summed E-state index contributed by atoms with van der Waals surface area (Å²) >= 11 is 0. The normalized spacial score (nSPS) is 8.86. The molecule has 0 saturated heterocycles. The second-order valence-electron chi connectivity index (χ2n) is 2.54. The summed E-state index contributed by atoms with van der Waals surface area (Å²) in [6.45, 7) is 5.41. The highest BCUT2D eigenvalue weighted by Gasteiger charge is 1.93. The predicted molar refractivity (Wildman–Crippen MR) is 39.9 cm³/mol. The van der Waals surface area contributed by atoms with E-state index in [9.17, 15) is 0 Å². The van der Waals surface area contributed by atoms with Gasteiger partial charge in [0, 0.05) is 0 Å². The molecule has 0 aliphatic rings. The first kappa shape index (κ1) is 7.13. The largest absolute Gasteiger partial charge is 0.0968 e. The smallest absolute Gasteiger partial charge is 0.0927 e. The van der Waals surface area contributed by atoms with Crippen molar-refractivity contribution in [2.24, 2.45) is 0 Å². The molecule has 0 aromatic carbocycles. The molecular formula is C5H14B2. The third-order valence-corrected chi connectivity index (χ3v) is 1.14. The molecule has 2 heteroatoms. The second-order valence-corrected chi connectivity index (χ2v) is 2.54. The van der Waals surface area contributed by atoms with Gasteiger partial charge in [-0.15, -0.1) is 0 Å². The average molecular weight is 95.8 g/mol. The van der Waals surface area contributed by atoms with E-state index < -0.39 is 0 Å². The molecule has 0 N–H and O–H groups in total. The first-order chi connectivity index (χ1) is 3.27. The van der Waals surface area contributed by atoms with Crippen LogP contribution in [0.1, 0.15) is 19.8 Å². The lowest BCUT2D eigenvalue weighted by Gasteiger charge is -1.94. The zero-order valence-electron chi connectivity index (χ0n) is 5.70. The minimum absolute atomic E-state index is 0.903. The highest BCUT2D eigenvalue weighted by atomic mass is 13.7. The molecule has 0 spiro atoms. The fourth-order valence-corrected chi connectivity index (χ4v) is 0.612. The summed E-state index contributed by atoms with van der Waals surface area (Å²) in [5.74, 6) is 0.